The van der Waals surface area contributed by atoms with E-state index >= 15 is 0 Å². The lowest BCUT2D eigenvalue weighted by Crippen LogP contribution is -2.33. The number of benzene rings is 3. The second-order valence-electron chi connectivity index (χ2n) is 9.56. The molecule has 2 N–H and O–H groups in total. The molecule has 0 unspecified atom stereocenters. The summed E-state index contributed by atoms with van der Waals surface area (Å²) in [5, 5.41) is 22.8. The van der Waals surface area contributed by atoms with Gasteiger partial charge < -0.3 is 14.8 Å². The number of nitrogens with zero attached hydrogens (tertiary/aromatic N) is 3. The van der Waals surface area contributed by atoms with Gasteiger partial charge in [-0.25, -0.2) is 0 Å². The molecule has 1 aliphatic rings. The van der Waals surface area contributed by atoms with Crippen LogP contribution in [0.5, 0.6) is 5.75 Å². The highest BCUT2D eigenvalue weighted by Gasteiger charge is 2.25. The second-order valence-corrected chi connectivity index (χ2v) is 11.1. The number of nitro benzene ring substituents is 1. The van der Waals surface area contributed by atoms with Crippen molar-refractivity contribution in [2.75, 3.05) is 19.6 Å². The summed E-state index contributed by atoms with van der Waals surface area (Å²) in [6.07, 6.45) is 1.06. The maximum Gasteiger partial charge on any atom is 0.339 e. The Morgan fingerprint density at radius 1 is 1.15 bits per heavy atom. The van der Waals surface area contributed by atoms with Gasteiger partial charge in [-0.1, -0.05) is 42.0 Å². The number of hydrogen-bond acceptors (Lipinski definition) is 8. The first-order valence-corrected chi connectivity index (χ1v) is 14.2. The van der Waals surface area contributed by atoms with Gasteiger partial charge in [0.1, 0.15) is 4.90 Å². The summed E-state index contributed by atoms with van der Waals surface area (Å²) in [6, 6.07) is 19.3. The average molecular weight is 566 g/mol. The van der Waals surface area contributed by atoms with Crippen LogP contribution in [0.25, 0.3) is 22.5 Å². The van der Waals surface area contributed by atoms with Crippen molar-refractivity contribution in [3.63, 3.8) is 0 Å². The Labute approximate surface area is 231 Å². The topological polar surface area (TPSA) is 128 Å². The molecule has 0 radical (unpaired) electrons. The minimum absolute atomic E-state index is 0.00278. The van der Waals surface area contributed by atoms with Crippen molar-refractivity contribution in [3.05, 3.63) is 94.3 Å². The van der Waals surface area contributed by atoms with Crippen LogP contribution < -0.4 is 14.8 Å². The fourth-order valence-electron chi connectivity index (χ4n) is 4.63. The molecule has 1 aromatic heterocycles. The third-order valence-electron chi connectivity index (χ3n) is 6.68. The normalized spacial score (nSPS) is 15.3. The molecule has 0 bridgehead atoms. The van der Waals surface area contributed by atoms with Crippen molar-refractivity contribution in [3.8, 4) is 28.3 Å². The van der Waals surface area contributed by atoms with E-state index in [1.807, 2.05) is 48.0 Å². The molecule has 1 aliphatic heterocycles. The van der Waals surface area contributed by atoms with Gasteiger partial charge in [0.25, 0.3) is 0 Å². The maximum absolute atomic E-state index is 13.8. The molecule has 2 heterocycles. The van der Waals surface area contributed by atoms with E-state index in [0.29, 0.717) is 36.5 Å². The van der Waals surface area contributed by atoms with E-state index in [1.54, 1.807) is 12.1 Å². The van der Waals surface area contributed by atoms with Crippen LogP contribution in [0, 0.1) is 22.9 Å². The van der Waals surface area contributed by atoms with Crippen molar-refractivity contribution < 1.29 is 21.9 Å². The molecular weight excluding hydrogens is 537 g/mol. The fourth-order valence-corrected chi connectivity index (χ4v) is 5.60. The Morgan fingerprint density at radius 2 is 1.95 bits per heavy atom. The minimum Gasteiger partial charge on any atom is -0.378 e. The number of hydrogen-bond donors (Lipinski definition) is 2. The molecule has 1 saturated heterocycles. The molecular formula is C28H28FN5O5S. The van der Waals surface area contributed by atoms with E-state index in [1.165, 1.54) is 6.07 Å². The van der Waals surface area contributed by atoms with E-state index < -0.39 is 31.4 Å². The molecule has 0 saturated carbocycles. The zero-order chi connectivity index (χ0) is 28.3. The number of aromatic nitrogens is 2. The molecule has 208 valence electrons. The standard InChI is InChI=1S/C28H28FN5O5S/c1-19-7-10-28(39-40(37,38)22-8-9-24(29)27(16-22)34(35)36)23(15-19)25-17-26(20-5-3-2-4-6-20)33(32-25)14-13-31-21-11-12-30-18-21/h2-10,15-17,21,30-31H,11-14,18H2,1H3/t21-/m1/s1. The zero-order valence-corrected chi connectivity index (χ0v) is 22.5. The lowest BCUT2D eigenvalue weighted by Gasteiger charge is -2.13. The lowest BCUT2D eigenvalue weighted by molar-refractivity contribution is -0.387. The fraction of sp³-hybridized carbons (Fsp3) is 0.250. The second kappa shape index (κ2) is 11.5. The highest BCUT2D eigenvalue weighted by atomic mass is 32.2. The molecule has 1 fully saturated rings. The van der Waals surface area contributed by atoms with Gasteiger partial charge in [-0.3, -0.25) is 14.8 Å². The van der Waals surface area contributed by atoms with Crippen LogP contribution in [0.4, 0.5) is 10.1 Å². The molecule has 5 rings (SSSR count). The van der Waals surface area contributed by atoms with Gasteiger partial charge in [0, 0.05) is 30.8 Å². The first-order chi connectivity index (χ1) is 19.2. The van der Waals surface area contributed by atoms with Crippen LogP contribution in [-0.2, 0) is 16.7 Å². The van der Waals surface area contributed by atoms with Gasteiger partial charge in [-0.05, 0) is 55.8 Å². The predicted molar refractivity (Wildman–Crippen MR) is 148 cm³/mol. The number of halogens is 1. The third kappa shape index (κ3) is 6.03. The van der Waals surface area contributed by atoms with Gasteiger partial charge in [-0.2, -0.15) is 17.9 Å². The highest BCUT2D eigenvalue weighted by molar-refractivity contribution is 7.87. The summed E-state index contributed by atoms with van der Waals surface area (Å²) in [7, 11) is -4.53. The number of rotatable bonds is 10. The van der Waals surface area contributed by atoms with E-state index in [0.717, 1.165) is 48.5 Å². The van der Waals surface area contributed by atoms with E-state index in [-0.39, 0.29) is 5.75 Å². The zero-order valence-electron chi connectivity index (χ0n) is 21.7. The van der Waals surface area contributed by atoms with Crippen LogP contribution in [-0.4, -0.2) is 48.8 Å². The molecule has 4 aromatic rings. The Hall–Kier alpha value is -4.13. The monoisotopic (exact) mass is 565 g/mol. The Morgan fingerprint density at radius 3 is 2.67 bits per heavy atom. The highest BCUT2D eigenvalue weighted by Crippen LogP contribution is 2.35. The third-order valence-corrected chi connectivity index (χ3v) is 7.91. The summed E-state index contributed by atoms with van der Waals surface area (Å²) in [6.45, 7) is 5.05. The Bertz CT molecular complexity index is 1640. The molecule has 0 amide bonds. The van der Waals surface area contributed by atoms with Crippen LogP contribution in [0.1, 0.15) is 12.0 Å². The molecule has 0 aliphatic carbocycles. The summed E-state index contributed by atoms with van der Waals surface area (Å²) in [5.74, 6) is -1.14. The van der Waals surface area contributed by atoms with Crippen LogP contribution >= 0.6 is 0 Å². The maximum atomic E-state index is 13.8. The van der Waals surface area contributed by atoms with Gasteiger partial charge in [-0.15, -0.1) is 0 Å². The predicted octanol–water partition coefficient (Wildman–Crippen LogP) is 4.29. The smallest absolute Gasteiger partial charge is 0.339 e. The largest absolute Gasteiger partial charge is 0.378 e. The Kier molecular flexibility index (Phi) is 7.92. The van der Waals surface area contributed by atoms with Gasteiger partial charge in [0.2, 0.25) is 5.82 Å². The summed E-state index contributed by atoms with van der Waals surface area (Å²) in [4.78, 5) is 9.63. The molecule has 40 heavy (non-hydrogen) atoms. The van der Waals surface area contributed by atoms with Gasteiger partial charge in [0.05, 0.1) is 22.9 Å². The van der Waals surface area contributed by atoms with Gasteiger partial charge in [0.15, 0.2) is 5.75 Å². The minimum atomic E-state index is -4.53. The van der Waals surface area contributed by atoms with Crippen molar-refractivity contribution in [2.24, 2.45) is 0 Å². The van der Waals surface area contributed by atoms with E-state index in [4.69, 9.17) is 9.28 Å². The summed E-state index contributed by atoms with van der Waals surface area (Å²) in [5.41, 5.74) is 2.63. The first kappa shape index (κ1) is 27.4. The van der Waals surface area contributed by atoms with Crippen LogP contribution in [0.15, 0.2) is 77.7 Å². The molecule has 3 aromatic carbocycles. The Balaban J connectivity index is 1.50. The van der Waals surface area contributed by atoms with Crippen LogP contribution in [0.3, 0.4) is 0 Å². The molecule has 0 spiro atoms. The summed E-state index contributed by atoms with van der Waals surface area (Å²) >= 11 is 0. The first-order valence-electron chi connectivity index (χ1n) is 12.8. The average Bonchev–Trinajstić information content (AvgIpc) is 3.60. The number of nitro groups is 1. The number of aryl methyl sites for hydroxylation is 1. The molecule has 1 atom stereocenters. The van der Waals surface area contributed by atoms with Crippen LogP contribution in [0.2, 0.25) is 0 Å². The van der Waals surface area contributed by atoms with E-state index in [2.05, 4.69) is 10.6 Å². The SMILES string of the molecule is Cc1ccc(OS(=O)(=O)c2ccc(F)c([N+](=O)[O-])c2)c(-c2cc(-c3ccccc3)n(CCN[C@@H]3CCNC3)n2)c1. The van der Waals surface area contributed by atoms with Crippen molar-refractivity contribution in [1.82, 2.24) is 20.4 Å². The summed E-state index contributed by atoms with van der Waals surface area (Å²) < 4.78 is 47.4. The lowest BCUT2D eigenvalue weighted by atomic mass is 10.1. The van der Waals surface area contributed by atoms with E-state index in [9.17, 15) is 22.9 Å². The quantitative estimate of drug-likeness (QED) is 0.166. The molecule has 10 nitrogen and oxygen atoms in total. The van der Waals surface area contributed by atoms with Gasteiger partial charge >= 0.3 is 15.8 Å². The van der Waals surface area contributed by atoms with Crippen molar-refractivity contribution in [2.45, 2.75) is 30.8 Å². The number of nitrogens with one attached hydrogen (secondary N) is 2. The molecule has 12 heteroatoms. The van der Waals surface area contributed by atoms with Crippen molar-refractivity contribution >= 4 is 15.8 Å². The van der Waals surface area contributed by atoms with Crippen molar-refractivity contribution in [1.29, 1.82) is 0 Å².